The van der Waals surface area contributed by atoms with Crippen LogP contribution in [0, 0.1) is 6.92 Å². The molecule has 0 bridgehead atoms. The highest BCUT2D eigenvalue weighted by Crippen LogP contribution is 2.24. The third kappa shape index (κ3) is 4.31. The number of nitrogens with zero attached hydrogens (tertiary/aromatic N) is 3. The molecule has 1 aromatic carbocycles. The average Bonchev–Trinajstić information content (AvgIpc) is 2.93. The number of morpholine rings is 1. The summed E-state index contributed by atoms with van der Waals surface area (Å²) in [5.74, 6) is -0.919. The highest BCUT2D eigenvalue weighted by molar-refractivity contribution is 6.33. The van der Waals surface area contributed by atoms with Crippen LogP contribution in [-0.4, -0.2) is 58.5 Å². The predicted octanol–water partition coefficient (Wildman–Crippen LogP) is 2.63. The Hall–Kier alpha value is -2.38. The summed E-state index contributed by atoms with van der Waals surface area (Å²) in [5, 5.41) is 4.47. The summed E-state index contributed by atoms with van der Waals surface area (Å²) in [7, 11) is 0. The molecule has 0 unspecified atom stereocenters. The number of hydrogen-bond donors (Lipinski definition) is 0. The van der Waals surface area contributed by atoms with Gasteiger partial charge in [-0.2, -0.15) is 5.10 Å². The molecular weight excluding hydrogens is 370 g/mol. The molecule has 0 spiro atoms. The number of para-hydroxylation sites is 1. The van der Waals surface area contributed by atoms with Crippen molar-refractivity contribution in [2.24, 2.45) is 0 Å². The van der Waals surface area contributed by atoms with Gasteiger partial charge in [-0.15, -0.1) is 0 Å². The number of benzene rings is 1. The lowest BCUT2D eigenvalue weighted by atomic mass is 10.2. The van der Waals surface area contributed by atoms with E-state index in [-0.39, 0.29) is 35.4 Å². The fraction of sp³-hybridized carbons (Fsp3) is 0.421. The van der Waals surface area contributed by atoms with Crippen LogP contribution in [-0.2, 0) is 14.3 Å². The number of esters is 1. The van der Waals surface area contributed by atoms with E-state index in [2.05, 4.69) is 5.10 Å². The summed E-state index contributed by atoms with van der Waals surface area (Å²) in [6.45, 7) is 6.10. The summed E-state index contributed by atoms with van der Waals surface area (Å²) in [6, 6.07) is 9.24. The van der Waals surface area contributed by atoms with Crippen molar-refractivity contribution in [1.29, 1.82) is 0 Å². The Morgan fingerprint density at radius 3 is 2.48 bits per heavy atom. The van der Waals surface area contributed by atoms with E-state index in [9.17, 15) is 9.59 Å². The van der Waals surface area contributed by atoms with Gasteiger partial charge in [-0.25, -0.2) is 9.48 Å². The summed E-state index contributed by atoms with van der Waals surface area (Å²) >= 11 is 6.35. The first-order valence-electron chi connectivity index (χ1n) is 8.77. The van der Waals surface area contributed by atoms with Crippen LogP contribution in [0.25, 0.3) is 5.69 Å². The van der Waals surface area contributed by atoms with E-state index in [0.29, 0.717) is 18.8 Å². The van der Waals surface area contributed by atoms with E-state index in [0.717, 1.165) is 5.69 Å². The predicted molar refractivity (Wildman–Crippen MR) is 100 cm³/mol. The number of hydrogen-bond acceptors (Lipinski definition) is 5. The largest absolute Gasteiger partial charge is 0.452 e. The smallest absolute Gasteiger partial charge is 0.343 e. The third-order valence-electron chi connectivity index (χ3n) is 4.31. The van der Waals surface area contributed by atoms with Crippen molar-refractivity contribution < 1.29 is 19.1 Å². The first-order chi connectivity index (χ1) is 12.9. The minimum atomic E-state index is -0.664. The molecule has 3 rings (SSSR count). The molecule has 144 valence electrons. The second kappa shape index (κ2) is 8.10. The minimum absolute atomic E-state index is 0.0470. The Balaban J connectivity index is 1.68. The second-order valence-electron chi connectivity index (χ2n) is 6.63. The van der Waals surface area contributed by atoms with Crippen molar-refractivity contribution >= 4 is 23.5 Å². The monoisotopic (exact) mass is 391 g/mol. The van der Waals surface area contributed by atoms with Crippen LogP contribution in [0.3, 0.4) is 0 Å². The van der Waals surface area contributed by atoms with Crippen LogP contribution in [0.2, 0.25) is 5.15 Å². The van der Waals surface area contributed by atoms with Crippen LogP contribution in [0.15, 0.2) is 30.3 Å². The minimum Gasteiger partial charge on any atom is -0.452 e. The first kappa shape index (κ1) is 19.4. The molecule has 1 fully saturated rings. The molecule has 2 aromatic rings. The standard InChI is InChI=1S/C19H22ClN3O4/c1-12-9-22(10-13(2)27-12)16(24)11-26-19(25)17-14(3)21-23(18(17)20)15-7-5-4-6-8-15/h4-8,12-13H,9-11H2,1-3H3/t12-,13-/m0/s1. The Bertz CT molecular complexity index is 827. The van der Waals surface area contributed by atoms with Gasteiger partial charge in [0.25, 0.3) is 5.91 Å². The van der Waals surface area contributed by atoms with Crippen molar-refractivity contribution in [3.8, 4) is 5.69 Å². The number of rotatable bonds is 4. The van der Waals surface area contributed by atoms with Gasteiger partial charge in [0.15, 0.2) is 6.61 Å². The molecule has 0 aliphatic carbocycles. The van der Waals surface area contributed by atoms with Gasteiger partial charge < -0.3 is 14.4 Å². The average molecular weight is 392 g/mol. The maximum absolute atomic E-state index is 12.5. The maximum atomic E-state index is 12.5. The number of halogens is 1. The lowest BCUT2D eigenvalue weighted by Crippen LogP contribution is -2.49. The molecule has 1 amide bonds. The van der Waals surface area contributed by atoms with E-state index in [1.165, 1.54) is 4.68 Å². The molecule has 27 heavy (non-hydrogen) atoms. The van der Waals surface area contributed by atoms with Crippen molar-refractivity contribution in [2.75, 3.05) is 19.7 Å². The lowest BCUT2D eigenvalue weighted by molar-refractivity contribution is -0.146. The van der Waals surface area contributed by atoms with Crippen LogP contribution in [0.5, 0.6) is 0 Å². The van der Waals surface area contributed by atoms with Crippen LogP contribution in [0.4, 0.5) is 0 Å². The molecule has 0 N–H and O–H groups in total. The van der Waals surface area contributed by atoms with Gasteiger partial charge in [-0.1, -0.05) is 29.8 Å². The van der Waals surface area contributed by atoms with Crippen molar-refractivity contribution in [1.82, 2.24) is 14.7 Å². The highest BCUT2D eigenvalue weighted by Gasteiger charge is 2.28. The number of carbonyl (C=O) groups excluding carboxylic acids is 2. The van der Waals surface area contributed by atoms with E-state index >= 15 is 0 Å². The van der Waals surface area contributed by atoms with Gasteiger partial charge in [-0.3, -0.25) is 4.79 Å². The normalized spacial score (nSPS) is 19.8. The van der Waals surface area contributed by atoms with Crippen LogP contribution >= 0.6 is 11.6 Å². The summed E-state index contributed by atoms with van der Waals surface area (Å²) in [5.41, 5.74) is 1.34. The van der Waals surface area contributed by atoms with E-state index in [1.54, 1.807) is 11.8 Å². The van der Waals surface area contributed by atoms with E-state index < -0.39 is 5.97 Å². The van der Waals surface area contributed by atoms with Gasteiger partial charge in [0.2, 0.25) is 0 Å². The molecule has 1 aromatic heterocycles. The van der Waals surface area contributed by atoms with Gasteiger partial charge in [0.05, 0.1) is 23.6 Å². The Kier molecular flexibility index (Phi) is 5.82. The third-order valence-corrected chi connectivity index (χ3v) is 4.66. The molecule has 8 heteroatoms. The first-order valence-corrected chi connectivity index (χ1v) is 9.15. The molecule has 1 aliphatic rings. The molecule has 0 radical (unpaired) electrons. The maximum Gasteiger partial charge on any atom is 0.343 e. The zero-order valence-electron chi connectivity index (χ0n) is 15.5. The molecule has 2 heterocycles. The number of aromatic nitrogens is 2. The molecule has 1 saturated heterocycles. The summed E-state index contributed by atoms with van der Waals surface area (Å²) in [6.07, 6.45) is -0.0941. The Morgan fingerprint density at radius 1 is 1.22 bits per heavy atom. The van der Waals surface area contributed by atoms with Crippen molar-refractivity contribution in [2.45, 2.75) is 33.0 Å². The summed E-state index contributed by atoms with van der Waals surface area (Å²) in [4.78, 5) is 26.5. The lowest BCUT2D eigenvalue weighted by Gasteiger charge is -2.35. The topological polar surface area (TPSA) is 73.7 Å². The number of ether oxygens (including phenoxy) is 2. The number of carbonyl (C=O) groups is 2. The Morgan fingerprint density at radius 2 is 1.85 bits per heavy atom. The molecular formula is C19H22ClN3O4. The SMILES string of the molecule is Cc1nn(-c2ccccc2)c(Cl)c1C(=O)OCC(=O)N1C[C@H](C)O[C@@H](C)C1. The highest BCUT2D eigenvalue weighted by atomic mass is 35.5. The van der Waals surface area contributed by atoms with E-state index in [4.69, 9.17) is 21.1 Å². The van der Waals surface area contributed by atoms with Gasteiger partial charge in [0, 0.05) is 13.1 Å². The fourth-order valence-electron chi connectivity index (χ4n) is 3.14. The van der Waals surface area contributed by atoms with Gasteiger partial charge in [-0.05, 0) is 32.9 Å². The quantitative estimate of drug-likeness (QED) is 0.749. The van der Waals surface area contributed by atoms with Gasteiger partial charge >= 0.3 is 5.97 Å². The van der Waals surface area contributed by atoms with Crippen molar-refractivity contribution in [3.63, 3.8) is 0 Å². The second-order valence-corrected chi connectivity index (χ2v) is 6.99. The zero-order valence-corrected chi connectivity index (χ0v) is 16.3. The van der Waals surface area contributed by atoms with Crippen LogP contribution < -0.4 is 0 Å². The number of amides is 1. The molecule has 0 saturated carbocycles. The molecule has 1 aliphatic heterocycles. The van der Waals surface area contributed by atoms with Crippen LogP contribution in [0.1, 0.15) is 29.9 Å². The van der Waals surface area contributed by atoms with Gasteiger partial charge in [0.1, 0.15) is 10.7 Å². The van der Waals surface area contributed by atoms with Crippen molar-refractivity contribution in [3.05, 3.63) is 46.7 Å². The zero-order chi connectivity index (χ0) is 19.6. The fourth-order valence-corrected chi connectivity index (χ4v) is 3.49. The number of aryl methyl sites for hydroxylation is 1. The Labute approximate surface area is 162 Å². The summed E-state index contributed by atoms with van der Waals surface area (Å²) < 4.78 is 12.3. The van der Waals surface area contributed by atoms with E-state index in [1.807, 2.05) is 44.2 Å². The molecule has 2 atom stereocenters. The molecule has 7 nitrogen and oxygen atoms in total.